The van der Waals surface area contributed by atoms with Crippen LogP contribution in [0.3, 0.4) is 0 Å². The monoisotopic (exact) mass is 349 g/mol. The van der Waals surface area contributed by atoms with Crippen LogP contribution in [0.1, 0.15) is 72.6 Å². The largest absolute Gasteiger partial charge is 0.479 e. The number of aliphatic carboxylic acids is 1. The molecule has 1 atom stereocenters. The van der Waals surface area contributed by atoms with Gasteiger partial charge in [0.25, 0.3) is 11.8 Å². The molecule has 0 spiro atoms. The highest BCUT2D eigenvalue weighted by atomic mass is 17.3. The molecule has 1 aromatic carbocycles. The van der Waals surface area contributed by atoms with Crippen LogP contribution in [0.15, 0.2) is 24.3 Å². The summed E-state index contributed by atoms with van der Waals surface area (Å²) >= 11 is 0. The van der Waals surface area contributed by atoms with Crippen LogP contribution in [-0.4, -0.2) is 34.1 Å². The number of amides is 2. The second-order valence-electron chi connectivity index (χ2n) is 6.00. The van der Waals surface area contributed by atoms with Gasteiger partial charge in [-0.3, -0.25) is 9.59 Å². The normalized spacial score (nSPS) is 14.7. The molecule has 7 heteroatoms. The van der Waals surface area contributed by atoms with E-state index in [4.69, 9.17) is 9.88 Å². The van der Waals surface area contributed by atoms with E-state index in [0.29, 0.717) is 11.5 Å². The number of hydroxylamine groups is 2. The highest BCUT2D eigenvalue weighted by Crippen LogP contribution is 2.23. The molecule has 1 N–H and O–H groups in total. The number of benzene rings is 1. The lowest BCUT2D eigenvalue weighted by Gasteiger charge is -2.16. The van der Waals surface area contributed by atoms with Gasteiger partial charge in [-0.25, -0.2) is 4.79 Å². The Kier molecular flexibility index (Phi) is 7.09. The van der Waals surface area contributed by atoms with Crippen LogP contribution in [0.5, 0.6) is 0 Å². The maximum absolute atomic E-state index is 12.1. The minimum absolute atomic E-state index is 0.207. The van der Waals surface area contributed by atoms with Gasteiger partial charge in [-0.1, -0.05) is 62.6 Å². The number of carbonyl (C=O) groups excluding carboxylic acids is 2. The lowest BCUT2D eigenvalue weighted by Crippen LogP contribution is -2.34. The molecule has 0 saturated carbocycles. The predicted molar refractivity (Wildman–Crippen MR) is 88.5 cm³/mol. The molecule has 0 saturated heterocycles. The Labute approximate surface area is 146 Å². The summed E-state index contributed by atoms with van der Waals surface area (Å²) in [6.07, 6.45) is 5.09. The summed E-state index contributed by atoms with van der Waals surface area (Å²) in [4.78, 5) is 45.1. The molecule has 1 aromatic rings. The summed E-state index contributed by atoms with van der Waals surface area (Å²) in [6.45, 7) is 2.13. The van der Waals surface area contributed by atoms with Gasteiger partial charge in [0.05, 0.1) is 11.1 Å². The van der Waals surface area contributed by atoms with Crippen LogP contribution in [0.4, 0.5) is 0 Å². The topological polar surface area (TPSA) is 93.1 Å². The van der Waals surface area contributed by atoms with E-state index in [1.54, 1.807) is 12.1 Å². The van der Waals surface area contributed by atoms with Crippen molar-refractivity contribution in [1.29, 1.82) is 0 Å². The van der Waals surface area contributed by atoms with Crippen molar-refractivity contribution in [3.8, 4) is 0 Å². The summed E-state index contributed by atoms with van der Waals surface area (Å²) in [5, 5.41) is 9.66. The number of imide groups is 1. The van der Waals surface area contributed by atoms with Crippen LogP contribution in [0.2, 0.25) is 0 Å². The SMILES string of the molecule is CCCCCCCCC(OON1C(=O)c2ccccc2C1=O)C(=O)O. The summed E-state index contributed by atoms with van der Waals surface area (Å²) in [5.41, 5.74) is 0.415. The van der Waals surface area contributed by atoms with E-state index < -0.39 is 23.9 Å². The van der Waals surface area contributed by atoms with Gasteiger partial charge in [-0.15, -0.1) is 5.06 Å². The number of carbonyl (C=O) groups is 3. The third-order valence-electron chi connectivity index (χ3n) is 4.09. The van der Waals surface area contributed by atoms with Gasteiger partial charge in [-0.2, -0.15) is 4.89 Å². The zero-order chi connectivity index (χ0) is 18.2. The minimum Gasteiger partial charge on any atom is -0.479 e. The summed E-state index contributed by atoms with van der Waals surface area (Å²) in [6, 6.07) is 6.27. The summed E-state index contributed by atoms with van der Waals surface area (Å²) < 4.78 is 0. The van der Waals surface area contributed by atoms with Crippen LogP contribution >= 0.6 is 0 Å². The van der Waals surface area contributed by atoms with Gasteiger partial charge in [0.2, 0.25) is 0 Å². The zero-order valence-corrected chi connectivity index (χ0v) is 14.3. The van der Waals surface area contributed by atoms with Gasteiger partial charge < -0.3 is 5.11 Å². The number of hydrogen-bond acceptors (Lipinski definition) is 5. The third-order valence-corrected chi connectivity index (χ3v) is 4.09. The maximum atomic E-state index is 12.1. The third kappa shape index (κ3) is 4.87. The van der Waals surface area contributed by atoms with Gasteiger partial charge in [0, 0.05) is 0 Å². The summed E-state index contributed by atoms with van der Waals surface area (Å²) in [5.74, 6) is -2.52. The van der Waals surface area contributed by atoms with Crippen molar-refractivity contribution in [3.05, 3.63) is 35.4 Å². The summed E-state index contributed by atoms with van der Waals surface area (Å²) in [7, 11) is 0. The first-order valence-corrected chi connectivity index (χ1v) is 8.60. The average Bonchev–Trinajstić information content (AvgIpc) is 2.85. The van der Waals surface area contributed by atoms with Crippen molar-refractivity contribution in [2.45, 2.75) is 58.0 Å². The zero-order valence-electron chi connectivity index (χ0n) is 14.3. The molecule has 0 aliphatic carbocycles. The number of rotatable bonds is 11. The fraction of sp³-hybridized carbons (Fsp3) is 0.500. The molecule has 1 aliphatic rings. The van der Waals surface area contributed by atoms with Crippen molar-refractivity contribution >= 4 is 17.8 Å². The molecule has 1 aliphatic heterocycles. The number of fused-ring (bicyclic) bond motifs is 1. The Morgan fingerprint density at radius 1 is 1.04 bits per heavy atom. The Balaban J connectivity index is 1.82. The van der Waals surface area contributed by atoms with Gasteiger partial charge in [0.1, 0.15) is 0 Å². The molecule has 25 heavy (non-hydrogen) atoms. The highest BCUT2D eigenvalue weighted by molar-refractivity contribution is 6.20. The smallest absolute Gasteiger partial charge is 0.336 e. The fourth-order valence-corrected chi connectivity index (χ4v) is 2.65. The number of carboxylic acid groups (broad SMARTS) is 1. The van der Waals surface area contributed by atoms with Crippen molar-refractivity contribution < 1.29 is 29.4 Å². The van der Waals surface area contributed by atoms with Crippen molar-refractivity contribution in [3.63, 3.8) is 0 Å². The van der Waals surface area contributed by atoms with E-state index in [-0.39, 0.29) is 17.5 Å². The number of carboxylic acids is 1. The first-order chi connectivity index (χ1) is 12.1. The van der Waals surface area contributed by atoms with Crippen LogP contribution in [0.25, 0.3) is 0 Å². The first kappa shape index (κ1) is 19.1. The molecular formula is C18H23NO6. The first-order valence-electron chi connectivity index (χ1n) is 8.60. The average molecular weight is 349 g/mol. The standard InChI is InChI=1S/C18H23NO6/c1-2-3-4-5-6-7-12-15(18(22)23)24-25-19-16(20)13-10-8-9-11-14(13)17(19)21/h8-11,15H,2-7,12H2,1H3,(H,22,23). The molecule has 0 radical (unpaired) electrons. The molecule has 0 bridgehead atoms. The van der Waals surface area contributed by atoms with E-state index in [1.165, 1.54) is 18.6 Å². The van der Waals surface area contributed by atoms with E-state index in [9.17, 15) is 19.5 Å². The maximum Gasteiger partial charge on any atom is 0.336 e. The minimum atomic E-state index is -1.23. The van der Waals surface area contributed by atoms with Crippen molar-refractivity contribution in [2.75, 3.05) is 0 Å². The molecule has 2 rings (SSSR count). The predicted octanol–water partition coefficient (Wildman–Crippen LogP) is 3.35. The molecule has 0 aromatic heterocycles. The van der Waals surface area contributed by atoms with Crippen molar-refractivity contribution in [2.24, 2.45) is 0 Å². The fourth-order valence-electron chi connectivity index (χ4n) is 2.65. The van der Waals surface area contributed by atoms with Crippen LogP contribution in [0, 0.1) is 0 Å². The molecule has 2 amide bonds. The Bertz CT molecular complexity index is 595. The van der Waals surface area contributed by atoms with Crippen molar-refractivity contribution in [1.82, 2.24) is 5.06 Å². The van der Waals surface area contributed by atoms with E-state index >= 15 is 0 Å². The molecule has 0 fully saturated rings. The number of nitrogens with zero attached hydrogens (tertiary/aromatic N) is 1. The molecule has 7 nitrogen and oxygen atoms in total. The molecule has 1 unspecified atom stereocenters. The molecule has 136 valence electrons. The number of unbranched alkanes of at least 4 members (excludes halogenated alkanes) is 5. The van der Waals surface area contributed by atoms with E-state index in [0.717, 1.165) is 25.7 Å². The Morgan fingerprint density at radius 2 is 1.60 bits per heavy atom. The van der Waals surface area contributed by atoms with Crippen LogP contribution in [-0.2, 0) is 14.7 Å². The molecular weight excluding hydrogens is 326 g/mol. The highest BCUT2D eigenvalue weighted by Gasteiger charge is 2.38. The Hall–Kier alpha value is -2.25. The van der Waals surface area contributed by atoms with Gasteiger partial charge in [0.15, 0.2) is 6.10 Å². The quantitative estimate of drug-likeness (QED) is 0.285. The molecule has 1 heterocycles. The van der Waals surface area contributed by atoms with E-state index in [2.05, 4.69) is 6.92 Å². The van der Waals surface area contributed by atoms with Crippen LogP contribution < -0.4 is 0 Å². The second-order valence-corrected chi connectivity index (χ2v) is 6.00. The van der Waals surface area contributed by atoms with Gasteiger partial charge in [-0.05, 0) is 18.6 Å². The second kappa shape index (κ2) is 9.29. The Morgan fingerprint density at radius 3 is 2.16 bits per heavy atom. The number of hydrogen-bond donors (Lipinski definition) is 1. The lowest BCUT2D eigenvalue weighted by atomic mass is 10.1. The van der Waals surface area contributed by atoms with E-state index in [1.807, 2.05) is 0 Å². The lowest BCUT2D eigenvalue weighted by molar-refractivity contribution is -0.402. The van der Waals surface area contributed by atoms with Gasteiger partial charge >= 0.3 is 5.97 Å².